The first-order valence-corrected chi connectivity index (χ1v) is 11.0. The summed E-state index contributed by atoms with van der Waals surface area (Å²) in [5.41, 5.74) is 1.82. The lowest BCUT2D eigenvalue weighted by molar-refractivity contribution is -0.885. The Hall–Kier alpha value is -1.50. The molecule has 0 saturated carbocycles. The molecule has 0 spiro atoms. The number of carbonyl (C=O) groups is 1. The number of amides is 1. The third-order valence-electron chi connectivity index (χ3n) is 4.50. The largest absolute Gasteiger partial charge is 0.326 e. The van der Waals surface area contributed by atoms with E-state index < -0.39 is 0 Å². The minimum absolute atomic E-state index is 0.0847. The van der Waals surface area contributed by atoms with Gasteiger partial charge in [0.1, 0.15) is 17.7 Å². The van der Waals surface area contributed by atoms with Gasteiger partial charge in [-0.25, -0.2) is 4.39 Å². The first kappa shape index (κ1) is 19.3. The van der Waals surface area contributed by atoms with E-state index in [1.165, 1.54) is 16.5 Å². The van der Waals surface area contributed by atoms with E-state index in [1.54, 1.807) is 35.7 Å². The Morgan fingerprint density at radius 3 is 2.69 bits per heavy atom. The van der Waals surface area contributed by atoms with Crippen molar-refractivity contribution in [1.29, 1.82) is 0 Å². The third kappa shape index (κ3) is 4.61. The predicted octanol–water partition coefficient (Wildman–Crippen LogP) is 2.84. The maximum absolute atomic E-state index is 14.1. The van der Waals surface area contributed by atoms with Crippen LogP contribution in [-0.4, -0.2) is 43.0 Å². The Morgan fingerprint density at radius 1 is 1.27 bits per heavy atom. The van der Waals surface area contributed by atoms with Crippen molar-refractivity contribution in [2.45, 2.75) is 16.8 Å². The summed E-state index contributed by atoms with van der Waals surface area (Å²) >= 11 is 3.36. The highest BCUT2D eigenvalue weighted by molar-refractivity contribution is 7.99. The van der Waals surface area contributed by atoms with Gasteiger partial charge in [0, 0.05) is 28.3 Å². The summed E-state index contributed by atoms with van der Waals surface area (Å²) in [6.45, 7) is 1.89. The van der Waals surface area contributed by atoms with Crippen molar-refractivity contribution >= 4 is 29.4 Å². The van der Waals surface area contributed by atoms with Gasteiger partial charge in [-0.1, -0.05) is 30.3 Å². The molecule has 3 nitrogen and oxygen atoms in total. The smallest absolute Gasteiger partial charge is 0.278 e. The number of nitrogens with zero attached hydrogens (tertiary/aromatic N) is 1. The second-order valence-corrected chi connectivity index (χ2v) is 8.56. The number of nitrogens with one attached hydrogen (secondary N) is 1. The van der Waals surface area contributed by atoms with Crippen molar-refractivity contribution in [3.05, 3.63) is 65.5 Å². The van der Waals surface area contributed by atoms with E-state index in [4.69, 9.17) is 0 Å². The quantitative estimate of drug-likeness (QED) is 0.767. The molecule has 6 heteroatoms. The molecule has 26 heavy (non-hydrogen) atoms. The fourth-order valence-corrected chi connectivity index (χ4v) is 4.88. The van der Waals surface area contributed by atoms with E-state index in [2.05, 4.69) is 30.5 Å². The summed E-state index contributed by atoms with van der Waals surface area (Å²) in [6, 6.07) is 15.2. The average molecular weight is 392 g/mol. The average Bonchev–Trinajstić information content (AvgIpc) is 3.12. The highest BCUT2D eigenvalue weighted by atomic mass is 32.2. The first-order valence-electron chi connectivity index (χ1n) is 8.68. The van der Waals surface area contributed by atoms with Crippen LogP contribution in [0, 0.1) is 5.82 Å². The molecule has 1 fully saturated rings. The standard InChI is InChI=1S/C20H23FN2OS2/c1-22(13-15-7-9-16(25-2)10-8-15)14-19(24)23-11-12-26-20(23)17-5-3-4-6-18(17)21/h3-10,20H,11-14H2,1-2H3/p+1/t20-/m1/s1. The van der Waals surface area contributed by atoms with E-state index in [-0.39, 0.29) is 17.1 Å². The summed E-state index contributed by atoms with van der Waals surface area (Å²) in [4.78, 5) is 17.0. The molecule has 2 aromatic carbocycles. The molecule has 1 aliphatic heterocycles. The first-order chi connectivity index (χ1) is 12.6. The van der Waals surface area contributed by atoms with Crippen molar-refractivity contribution in [2.24, 2.45) is 0 Å². The Kier molecular flexibility index (Phi) is 6.62. The zero-order chi connectivity index (χ0) is 18.5. The summed E-state index contributed by atoms with van der Waals surface area (Å²) in [5, 5.41) is -0.211. The predicted molar refractivity (Wildman–Crippen MR) is 107 cm³/mol. The van der Waals surface area contributed by atoms with Gasteiger partial charge in [-0.3, -0.25) is 4.79 Å². The number of quaternary nitrogens is 1. The van der Waals surface area contributed by atoms with Gasteiger partial charge in [-0.15, -0.1) is 23.5 Å². The number of halogens is 1. The van der Waals surface area contributed by atoms with E-state index in [0.29, 0.717) is 18.7 Å². The number of hydrogen-bond donors (Lipinski definition) is 1. The summed E-state index contributed by atoms with van der Waals surface area (Å²) < 4.78 is 14.1. The molecule has 1 aliphatic rings. The van der Waals surface area contributed by atoms with Gasteiger partial charge < -0.3 is 9.80 Å². The van der Waals surface area contributed by atoms with Gasteiger partial charge in [-0.2, -0.15) is 0 Å². The number of carbonyl (C=O) groups excluding carboxylic acids is 1. The van der Waals surface area contributed by atoms with Crippen LogP contribution in [0.4, 0.5) is 4.39 Å². The Morgan fingerprint density at radius 2 is 2.00 bits per heavy atom. The molecule has 0 aromatic heterocycles. The summed E-state index contributed by atoms with van der Waals surface area (Å²) in [6.07, 6.45) is 2.06. The lowest BCUT2D eigenvalue weighted by Gasteiger charge is -2.25. The fraction of sp³-hybridized carbons (Fsp3) is 0.350. The summed E-state index contributed by atoms with van der Waals surface area (Å²) in [5.74, 6) is 0.695. The Bertz CT molecular complexity index is 754. The molecule has 0 aliphatic carbocycles. The van der Waals surface area contributed by atoms with Crippen LogP contribution >= 0.6 is 23.5 Å². The molecular weight excluding hydrogens is 367 g/mol. The summed E-state index contributed by atoms with van der Waals surface area (Å²) in [7, 11) is 2.03. The number of thioether (sulfide) groups is 2. The molecule has 1 N–H and O–H groups in total. The molecular formula is C20H24FN2OS2+. The van der Waals surface area contributed by atoms with Gasteiger partial charge in [0.05, 0.1) is 7.05 Å². The SMILES string of the molecule is CSc1ccc(C[NH+](C)CC(=O)N2CCS[C@@H]2c2ccccc2F)cc1. The van der Waals surface area contributed by atoms with E-state index >= 15 is 0 Å². The van der Waals surface area contributed by atoms with Crippen molar-refractivity contribution in [3.8, 4) is 0 Å². The third-order valence-corrected chi connectivity index (χ3v) is 6.49. The Balaban J connectivity index is 1.62. The molecule has 2 atom stereocenters. The number of likely N-dealkylation sites (N-methyl/N-ethyl adjacent to an activating group) is 1. The van der Waals surface area contributed by atoms with Crippen molar-refractivity contribution < 1.29 is 14.1 Å². The fourth-order valence-electron chi connectivity index (χ4n) is 3.17. The zero-order valence-electron chi connectivity index (χ0n) is 15.1. The zero-order valence-corrected chi connectivity index (χ0v) is 16.7. The second kappa shape index (κ2) is 8.93. The number of rotatable bonds is 6. The van der Waals surface area contributed by atoms with Crippen LogP contribution in [0.5, 0.6) is 0 Å². The normalized spacial score (nSPS) is 18.1. The molecule has 1 heterocycles. The minimum atomic E-state index is -0.237. The van der Waals surface area contributed by atoms with E-state index in [1.807, 2.05) is 18.0 Å². The number of benzene rings is 2. The van der Waals surface area contributed by atoms with Crippen molar-refractivity contribution in [1.82, 2.24) is 4.90 Å². The van der Waals surface area contributed by atoms with E-state index in [9.17, 15) is 9.18 Å². The highest BCUT2D eigenvalue weighted by Crippen LogP contribution is 2.38. The lowest BCUT2D eigenvalue weighted by Crippen LogP contribution is -3.08. The Labute approximate surface area is 162 Å². The molecule has 1 unspecified atom stereocenters. The number of hydrogen-bond acceptors (Lipinski definition) is 3. The van der Waals surface area contributed by atoms with Crippen LogP contribution in [0.1, 0.15) is 16.5 Å². The molecule has 1 amide bonds. The van der Waals surface area contributed by atoms with E-state index in [0.717, 1.165) is 17.2 Å². The van der Waals surface area contributed by atoms with Gasteiger partial charge in [-0.05, 0) is 24.5 Å². The maximum atomic E-state index is 14.1. The lowest BCUT2D eigenvalue weighted by atomic mass is 10.2. The van der Waals surface area contributed by atoms with Crippen molar-refractivity contribution in [3.63, 3.8) is 0 Å². The topological polar surface area (TPSA) is 24.8 Å². The van der Waals surface area contributed by atoms with Crippen LogP contribution in [0.15, 0.2) is 53.4 Å². The highest BCUT2D eigenvalue weighted by Gasteiger charge is 2.33. The van der Waals surface area contributed by atoms with Crippen LogP contribution in [0.2, 0.25) is 0 Å². The molecule has 1 saturated heterocycles. The monoisotopic (exact) mass is 391 g/mol. The molecule has 0 radical (unpaired) electrons. The van der Waals surface area contributed by atoms with Crippen LogP contribution < -0.4 is 4.90 Å². The molecule has 138 valence electrons. The van der Waals surface area contributed by atoms with Gasteiger partial charge in [0.2, 0.25) is 0 Å². The minimum Gasteiger partial charge on any atom is -0.326 e. The van der Waals surface area contributed by atoms with Gasteiger partial charge >= 0.3 is 0 Å². The second-order valence-electron chi connectivity index (χ2n) is 6.49. The van der Waals surface area contributed by atoms with Crippen LogP contribution in [-0.2, 0) is 11.3 Å². The molecule has 2 aromatic rings. The van der Waals surface area contributed by atoms with Crippen LogP contribution in [0.25, 0.3) is 0 Å². The van der Waals surface area contributed by atoms with Crippen molar-refractivity contribution in [2.75, 3.05) is 32.1 Å². The van der Waals surface area contributed by atoms with Crippen LogP contribution in [0.3, 0.4) is 0 Å². The molecule has 3 rings (SSSR count). The maximum Gasteiger partial charge on any atom is 0.278 e. The van der Waals surface area contributed by atoms with Gasteiger partial charge in [0.15, 0.2) is 6.54 Å². The van der Waals surface area contributed by atoms with Gasteiger partial charge in [0.25, 0.3) is 5.91 Å². The molecule has 0 bridgehead atoms.